The standard InChI is InChI=1S/C23H27N3O/c1-16-5-6-18-13-19(23(27)25-22(18)12-16)14-24-20-7-9-21(10-8-20)26-11-3-4-17(2)15-26/h5-10,12-13,17,24H,3-4,11,14-15H2,1-2H3,(H,25,27)/t17-/m0/s1. The molecular formula is C23H27N3O. The molecule has 2 aromatic carbocycles. The maximum Gasteiger partial charge on any atom is 0.253 e. The molecule has 1 fully saturated rings. The van der Waals surface area contributed by atoms with E-state index in [1.54, 1.807) is 0 Å². The van der Waals surface area contributed by atoms with E-state index in [2.05, 4.69) is 58.5 Å². The van der Waals surface area contributed by atoms with Crippen LogP contribution in [-0.4, -0.2) is 18.1 Å². The summed E-state index contributed by atoms with van der Waals surface area (Å²) in [4.78, 5) is 17.8. The molecule has 0 unspecified atom stereocenters. The molecule has 0 amide bonds. The molecule has 27 heavy (non-hydrogen) atoms. The summed E-state index contributed by atoms with van der Waals surface area (Å²) in [6.45, 7) is 7.15. The van der Waals surface area contributed by atoms with Gasteiger partial charge in [0.2, 0.25) is 0 Å². The predicted molar refractivity (Wildman–Crippen MR) is 114 cm³/mol. The molecular weight excluding hydrogens is 334 g/mol. The zero-order valence-corrected chi connectivity index (χ0v) is 16.1. The fourth-order valence-corrected chi connectivity index (χ4v) is 3.90. The highest BCUT2D eigenvalue weighted by atomic mass is 16.1. The van der Waals surface area contributed by atoms with Crippen LogP contribution in [0.3, 0.4) is 0 Å². The van der Waals surface area contributed by atoms with Gasteiger partial charge in [0.25, 0.3) is 5.56 Å². The first kappa shape index (κ1) is 17.7. The summed E-state index contributed by atoms with van der Waals surface area (Å²) in [5.74, 6) is 0.764. The fourth-order valence-electron chi connectivity index (χ4n) is 3.90. The molecule has 1 aliphatic rings. The first-order valence-corrected chi connectivity index (χ1v) is 9.80. The van der Waals surface area contributed by atoms with Gasteiger partial charge in [-0.15, -0.1) is 0 Å². The normalized spacial score (nSPS) is 17.3. The Balaban J connectivity index is 1.45. The quantitative estimate of drug-likeness (QED) is 0.709. The summed E-state index contributed by atoms with van der Waals surface area (Å²) in [6, 6.07) is 16.7. The maximum atomic E-state index is 12.4. The number of benzene rings is 2. The van der Waals surface area contributed by atoms with E-state index in [-0.39, 0.29) is 5.56 Å². The molecule has 1 saturated heterocycles. The van der Waals surface area contributed by atoms with Crippen molar-refractivity contribution in [2.24, 2.45) is 5.92 Å². The lowest BCUT2D eigenvalue weighted by Crippen LogP contribution is -2.34. The fraction of sp³-hybridized carbons (Fsp3) is 0.348. The molecule has 1 aliphatic heterocycles. The van der Waals surface area contributed by atoms with Gasteiger partial charge in [-0.1, -0.05) is 19.1 Å². The number of nitrogens with zero attached hydrogens (tertiary/aromatic N) is 1. The van der Waals surface area contributed by atoms with E-state index in [9.17, 15) is 4.79 Å². The number of anilines is 2. The highest BCUT2D eigenvalue weighted by Gasteiger charge is 2.16. The first-order chi connectivity index (χ1) is 13.1. The van der Waals surface area contributed by atoms with Crippen molar-refractivity contribution in [3.63, 3.8) is 0 Å². The summed E-state index contributed by atoms with van der Waals surface area (Å²) in [7, 11) is 0. The number of hydrogen-bond acceptors (Lipinski definition) is 3. The minimum Gasteiger partial charge on any atom is -0.381 e. The zero-order chi connectivity index (χ0) is 18.8. The molecule has 0 aliphatic carbocycles. The average Bonchev–Trinajstić information content (AvgIpc) is 2.67. The van der Waals surface area contributed by atoms with Crippen LogP contribution in [0.15, 0.2) is 53.3 Å². The summed E-state index contributed by atoms with van der Waals surface area (Å²) >= 11 is 0. The van der Waals surface area contributed by atoms with Gasteiger partial charge in [0, 0.05) is 42.1 Å². The number of aryl methyl sites for hydroxylation is 1. The maximum absolute atomic E-state index is 12.4. The molecule has 2 N–H and O–H groups in total. The average molecular weight is 361 g/mol. The third kappa shape index (κ3) is 4.00. The minimum absolute atomic E-state index is 0.0282. The molecule has 0 saturated carbocycles. The number of nitrogens with one attached hydrogen (secondary N) is 2. The predicted octanol–water partition coefficient (Wildman–Crippen LogP) is 4.68. The topological polar surface area (TPSA) is 48.1 Å². The molecule has 4 heteroatoms. The number of hydrogen-bond donors (Lipinski definition) is 2. The second-order valence-corrected chi connectivity index (χ2v) is 7.81. The van der Waals surface area contributed by atoms with Crippen LogP contribution in [0.25, 0.3) is 10.9 Å². The third-order valence-electron chi connectivity index (χ3n) is 5.45. The van der Waals surface area contributed by atoms with E-state index in [1.807, 2.05) is 19.1 Å². The Kier molecular flexibility index (Phi) is 4.88. The summed E-state index contributed by atoms with van der Waals surface area (Å²) in [5, 5.41) is 4.44. The van der Waals surface area contributed by atoms with Crippen molar-refractivity contribution in [2.45, 2.75) is 33.2 Å². The summed E-state index contributed by atoms with van der Waals surface area (Å²) < 4.78 is 0. The van der Waals surface area contributed by atoms with Gasteiger partial charge in [-0.05, 0) is 73.0 Å². The molecule has 2 heterocycles. The molecule has 0 bridgehead atoms. The van der Waals surface area contributed by atoms with Crippen molar-refractivity contribution in [1.29, 1.82) is 0 Å². The summed E-state index contributed by atoms with van der Waals surface area (Å²) in [6.07, 6.45) is 2.60. The number of aromatic nitrogens is 1. The Morgan fingerprint density at radius 1 is 1.15 bits per heavy atom. The van der Waals surface area contributed by atoms with Crippen LogP contribution in [0.5, 0.6) is 0 Å². The lowest BCUT2D eigenvalue weighted by atomic mass is 10.00. The molecule has 4 rings (SSSR count). The molecule has 1 aromatic heterocycles. The van der Waals surface area contributed by atoms with Gasteiger partial charge in [0.15, 0.2) is 0 Å². The minimum atomic E-state index is -0.0282. The van der Waals surface area contributed by atoms with E-state index >= 15 is 0 Å². The van der Waals surface area contributed by atoms with Gasteiger partial charge in [0.05, 0.1) is 0 Å². The lowest BCUT2D eigenvalue weighted by molar-refractivity contribution is 0.447. The highest BCUT2D eigenvalue weighted by molar-refractivity contribution is 5.79. The van der Waals surface area contributed by atoms with E-state index in [4.69, 9.17) is 0 Å². The second kappa shape index (κ2) is 7.47. The molecule has 140 valence electrons. The van der Waals surface area contributed by atoms with Crippen LogP contribution in [-0.2, 0) is 6.54 Å². The molecule has 0 radical (unpaired) electrons. The second-order valence-electron chi connectivity index (χ2n) is 7.81. The van der Waals surface area contributed by atoms with Gasteiger partial charge in [0.1, 0.15) is 0 Å². The number of H-pyrrole nitrogens is 1. The van der Waals surface area contributed by atoms with E-state index in [1.165, 1.54) is 18.5 Å². The van der Waals surface area contributed by atoms with Crippen molar-refractivity contribution >= 4 is 22.3 Å². The van der Waals surface area contributed by atoms with E-state index in [0.29, 0.717) is 6.54 Å². The Bertz CT molecular complexity index is 991. The summed E-state index contributed by atoms with van der Waals surface area (Å²) in [5.41, 5.74) is 5.08. The number of fused-ring (bicyclic) bond motifs is 1. The van der Waals surface area contributed by atoms with E-state index in [0.717, 1.165) is 46.7 Å². The highest BCUT2D eigenvalue weighted by Crippen LogP contribution is 2.24. The van der Waals surface area contributed by atoms with Crippen LogP contribution < -0.4 is 15.8 Å². The monoisotopic (exact) mass is 361 g/mol. The number of pyridine rings is 1. The Morgan fingerprint density at radius 3 is 2.74 bits per heavy atom. The van der Waals surface area contributed by atoms with Crippen LogP contribution in [0, 0.1) is 12.8 Å². The van der Waals surface area contributed by atoms with Crippen LogP contribution in [0.4, 0.5) is 11.4 Å². The van der Waals surface area contributed by atoms with Crippen molar-refractivity contribution in [3.8, 4) is 0 Å². The molecule has 1 atom stereocenters. The zero-order valence-electron chi connectivity index (χ0n) is 16.1. The molecule has 4 nitrogen and oxygen atoms in total. The van der Waals surface area contributed by atoms with Crippen molar-refractivity contribution in [3.05, 3.63) is 70.0 Å². The van der Waals surface area contributed by atoms with Gasteiger partial charge in [-0.25, -0.2) is 0 Å². The SMILES string of the molecule is Cc1ccc2cc(CNc3ccc(N4CCC[C@H](C)C4)cc3)c(=O)[nH]c2c1. The smallest absolute Gasteiger partial charge is 0.253 e. The van der Waals surface area contributed by atoms with Gasteiger partial charge in [-0.3, -0.25) is 4.79 Å². The Morgan fingerprint density at radius 2 is 1.96 bits per heavy atom. The van der Waals surface area contributed by atoms with Crippen LogP contribution in [0.1, 0.15) is 30.9 Å². The molecule has 3 aromatic rings. The molecule has 0 spiro atoms. The Hall–Kier alpha value is -2.75. The van der Waals surface area contributed by atoms with Gasteiger partial charge < -0.3 is 15.2 Å². The van der Waals surface area contributed by atoms with Crippen molar-refractivity contribution < 1.29 is 0 Å². The lowest BCUT2D eigenvalue weighted by Gasteiger charge is -2.32. The Labute approximate surface area is 160 Å². The van der Waals surface area contributed by atoms with Crippen LogP contribution >= 0.6 is 0 Å². The van der Waals surface area contributed by atoms with Gasteiger partial charge in [-0.2, -0.15) is 0 Å². The van der Waals surface area contributed by atoms with Crippen LogP contribution in [0.2, 0.25) is 0 Å². The van der Waals surface area contributed by atoms with Crippen molar-refractivity contribution in [2.75, 3.05) is 23.3 Å². The number of aromatic amines is 1. The number of rotatable bonds is 4. The van der Waals surface area contributed by atoms with Crippen molar-refractivity contribution in [1.82, 2.24) is 4.98 Å². The number of piperidine rings is 1. The largest absolute Gasteiger partial charge is 0.381 e. The van der Waals surface area contributed by atoms with Gasteiger partial charge >= 0.3 is 0 Å². The van der Waals surface area contributed by atoms with E-state index < -0.39 is 0 Å². The third-order valence-corrected chi connectivity index (χ3v) is 5.45. The first-order valence-electron chi connectivity index (χ1n) is 9.80.